The van der Waals surface area contributed by atoms with Gasteiger partial charge in [-0.25, -0.2) is 39.5 Å². The third-order valence-corrected chi connectivity index (χ3v) is 15.1. The van der Waals surface area contributed by atoms with E-state index in [1.54, 1.807) is 41.3 Å². The predicted molar refractivity (Wildman–Crippen MR) is 319 cm³/mol. The maximum Gasteiger partial charge on any atom is 0.410 e. The highest BCUT2D eigenvalue weighted by Gasteiger charge is 2.34. The largest absolute Gasteiger partial charge is 0.465 e. The third-order valence-electron chi connectivity index (χ3n) is 14.2. The molecule has 1 N–H and O–H groups in total. The molecule has 0 saturated carbocycles. The Hall–Kier alpha value is -8.24. The molecule has 2 saturated heterocycles. The Morgan fingerprint density at radius 3 is 1.43 bits per heavy atom. The lowest BCUT2D eigenvalue weighted by Crippen LogP contribution is -2.50. The van der Waals surface area contributed by atoms with E-state index in [2.05, 4.69) is 37.1 Å². The van der Waals surface area contributed by atoms with Gasteiger partial charge in [0.2, 0.25) is 0 Å². The number of fused-ring (bicyclic) bond motifs is 2. The van der Waals surface area contributed by atoms with Crippen LogP contribution >= 0.6 is 34.8 Å². The Labute approximate surface area is 494 Å². The van der Waals surface area contributed by atoms with Crippen molar-refractivity contribution >= 4 is 86.7 Å². The average molecular weight is 1190 g/mol. The monoisotopic (exact) mass is 1180 g/mol. The summed E-state index contributed by atoms with van der Waals surface area (Å²) in [5.41, 5.74) is 3.90. The highest BCUT2D eigenvalue weighted by atomic mass is 35.5. The fourth-order valence-corrected chi connectivity index (χ4v) is 10.9. The molecule has 0 atom stereocenters. The first-order chi connectivity index (χ1) is 39.3. The number of ether oxygens (including phenoxy) is 1. The van der Waals surface area contributed by atoms with Gasteiger partial charge in [0.05, 0.1) is 61.3 Å². The minimum absolute atomic E-state index is 0.0118. The molecule has 9 rings (SSSR count). The van der Waals surface area contributed by atoms with E-state index in [1.807, 2.05) is 86.0 Å². The molecule has 2 aliphatic heterocycles. The normalized spacial score (nSPS) is 13.9. The van der Waals surface area contributed by atoms with E-state index in [-0.39, 0.29) is 74.4 Å². The highest BCUT2D eigenvalue weighted by molar-refractivity contribution is 6.42. The SMILES string of the molecule is CC(C)c1ncnc(C(C)C)c1-n1c(=O)c(C#N)c(N2CCN(C(=O)O)CC2)c2cc(Cl)c(Cl)nc21.CC(C)c1ncnc(C(C)C)c1-n1c(=O)c(C#N)c(N2CCN(C(=O)OC(C)(C)C)CC2)c2cc(Cl)c(-c3ccccc3C=O)nc21. The number of hydrogen-bond donors (Lipinski definition) is 1. The van der Waals surface area contributed by atoms with Crippen molar-refractivity contribution in [3.63, 3.8) is 0 Å². The first kappa shape index (κ1) is 60.8. The molecular formula is C59H63Cl3N14O7. The van der Waals surface area contributed by atoms with Crippen molar-refractivity contribution < 1.29 is 24.2 Å². The molecule has 0 aliphatic carbocycles. The van der Waals surface area contributed by atoms with Crippen molar-refractivity contribution in [1.82, 2.24) is 48.8 Å². The fourth-order valence-electron chi connectivity index (χ4n) is 10.3. The zero-order valence-electron chi connectivity index (χ0n) is 48.0. The maximum absolute atomic E-state index is 14.7. The van der Waals surface area contributed by atoms with E-state index in [0.29, 0.717) is 112 Å². The summed E-state index contributed by atoms with van der Waals surface area (Å²) in [5.74, 6) is -0.304. The Kier molecular flexibility index (Phi) is 18.1. The van der Waals surface area contributed by atoms with E-state index < -0.39 is 28.9 Å². The van der Waals surface area contributed by atoms with Crippen LogP contribution in [0.25, 0.3) is 44.7 Å². The number of aldehydes is 1. The Bertz CT molecular complexity index is 3870. The third kappa shape index (κ3) is 12.0. The van der Waals surface area contributed by atoms with Gasteiger partial charge in [0, 0.05) is 74.3 Å². The Morgan fingerprint density at radius 1 is 0.627 bits per heavy atom. The molecule has 0 unspecified atom stereocenters. The average Bonchev–Trinajstić information content (AvgIpc) is 3.62. The first-order valence-corrected chi connectivity index (χ1v) is 28.2. The van der Waals surface area contributed by atoms with Crippen LogP contribution in [0.4, 0.5) is 21.0 Å². The van der Waals surface area contributed by atoms with E-state index in [4.69, 9.17) is 44.5 Å². The molecule has 7 aromatic rings. The molecule has 0 radical (unpaired) electrons. The van der Waals surface area contributed by atoms with Gasteiger partial charge in [0.15, 0.2) is 11.9 Å². The van der Waals surface area contributed by atoms with Crippen LogP contribution in [0, 0.1) is 22.7 Å². The number of piperazine rings is 2. The first-order valence-electron chi connectivity index (χ1n) is 27.1. The summed E-state index contributed by atoms with van der Waals surface area (Å²) >= 11 is 19.6. The standard InChI is InChI=1S/C35H38ClN7O4.C24H25Cl2N7O3/c1-20(2)27-31(28(21(3)4)39-19-38-27)43-32-24(16-26(36)29(40-32)23-11-9-8-10-22(23)18-44)30(25(17-37)33(43)45)41-12-14-42(15-13-41)34(46)47-35(5,6)7;1-12(2)17-20(18(13(3)4)29-11-28-17)33-22-14(9-16(25)21(26)30-22)19(15(10-27)23(33)34)31-5-7-32(8-6-31)24(35)36/h8-11,16,18-21H,12-15H2,1-7H3;9,11-13H,5-8H2,1-4H3,(H,35,36). The van der Waals surface area contributed by atoms with Crippen LogP contribution in [0.15, 0.2) is 58.6 Å². The van der Waals surface area contributed by atoms with Crippen molar-refractivity contribution in [2.75, 3.05) is 62.2 Å². The number of aromatic nitrogens is 8. The molecule has 83 heavy (non-hydrogen) atoms. The second kappa shape index (κ2) is 24.7. The summed E-state index contributed by atoms with van der Waals surface area (Å²) in [7, 11) is 0. The molecule has 0 bridgehead atoms. The minimum atomic E-state index is -1.02. The number of carbonyl (C=O) groups is 3. The number of benzene rings is 1. The zero-order chi connectivity index (χ0) is 60.5. The van der Waals surface area contributed by atoms with E-state index in [0.717, 1.165) is 6.29 Å². The van der Waals surface area contributed by atoms with E-state index in [9.17, 15) is 39.6 Å². The van der Waals surface area contributed by atoms with Crippen LogP contribution in [0.1, 0.15) is 144 Å². The molecular weight excluding hydrogens is 1120 g/mol. The van der Waals surface area contributed by atoms with Crippen LogP contribution in [0.3, 0.4) is 0 Å². The van der Waals surface area contributed by atoms with E-state index >= 15 is 0 Å². The van der Waals surface area contributed by atoms with Crippen molar-refractivity contribution in [2.45, 2.75) is 105 Å². The summed E-state index contributed by atoms with van der Waals surface area (Å²) in [5, 5.41) is 31.4. The van der Waals surface area contributed by atoms with Gasteiger partial charge >= 0.3 is 12.2 Å². The number of halogens is 3. The smallest absolute Gasteiger partial charge is 0.410 e. The van der Waals surface area contributed by atoms with Crippen LogP contribution < -0.4 is 20.9 Å². The number of carboxylic acid groups (broad SMARTS) is 1. The van der Waals surface area contributed by atoms with Crippen molar-refractivity contribution in [1.29, 1.82) is 10.5 Å². The van der Waals surface area contributed by atoms with Crippen LogP contribution in [-0.2, 0) is 4.74 Å². The summed E-state index contributed by atoms with van der Waals surface area (Å²) in [4.78, 5) is 99.1. The number of nitriles is 2. The number of anilines is 2. The topological polar surface area (TPSA) is 263 Å². The van der Waals surface area contributed by atoms with Crippen molar-refractivity contribution in [3.05, 3.63) is 124 Å². The van der Waals surface area contributed by atoms with Gasteiger partial charge in [-0.1, -0.05) is 114 Å². The fraction of sp³-hybridized carbons (Fsp3) is 0.407. The summed E-state index contributed by atoms with van der Waals surface area (Å²) in [6.07, 6.45) is 2.25. The van der Waals surface area contributed by atoms with Crippen molar-refractivity contribution in [2.24, 2.45) is 0 Å². The van der Waals surface area contributed by atoms with Gasteiger partial charge in [-0.2, -0.15) is 10.5 Å². The lowest BCUT2D eigenvalue weighted by atomic mass is 10.00. The molecule has 2 fully saturated rings. The lowest BCUT2D eigenvalue weighted by Gasteiger charge is -2.37. The lowest BCUT2D eigenvalue weighted by molar-refractivity contribution is 0.0240. The molecule has 8 heterocycles. The molecule has 21 nitrogen and oxygen atoms in total. The molecule has 0 spiro atoms. The Morgan fingerprint density at radius 2 is 1.04 bits per heavy atom. The number of rotatable bonds is 10. The molecule has 2 amide bonds. The molecule has 6 aromatic heterocycles. The Balaban J connectivity index is 0.000000225. The van der Waals surface area contributed by atoms with Gasteiger partial charge in [0.25, 0.3) is 11.1 Å². The summed E-state index contributed by atoms with van der Waals surface area (Å²) in [6, 6.07) is 14.5. The molecule has 432 valence electrons. The number of carbonyl (C=O) groups excluding carboxylic acids is 2. The van der Waals surface area contributed by atoms with Crippen LogP contribution in [-0.4, -0.2) is 130 Å². The summed E-state index contributed by atoms with van der Waals surface area (Å²) in [6.45, 7) is 23.5. The number of pyridine rings is 4. The van der Waals surface area contributed by atoms with Gasteiger partial charge in [-0.15, -0.1) is 0 Å². The quantitative estimate of drug-likeness (QED) is 0.0985. The number of amides is 2. The predicted octanol–water partition coefficient (Wildman–Crippen LogP) is 10.9. The minimum Gasteiger partial charge on any atom is -0.465 e. The second-order valence-corrected chi connectivity index (χ2v) is 23.5. The second-order valence-electron chi connectivity index (χ2n) is 22.3. The number of hydrogen-bond acceptors (Lipinski definition) is 16. The van der Waals surface area contributed by atoms with Gasteiger partial charge in [-0.3, -0.25) is 23.5 Å². The molecule has 1 aromatic carbocycles. The van der Waals surface area contributed by atoms with Gasteiger partial charge in [0.1, 0.15) is 52.3 Å². The van der Waals surface area contributed by atoms with Gasteiger partial charge in [-0.05, 0) is 56.6 Å². The zero-order valence-corrected chi connectivity index (χ0v) is 50.2. The van der Waals surface area contributed by atoms with Crippen molar-refractivity contribution in [3.8, 4) is 34.8 Å². The van der Waals surface area contributed by atoms with Crippen LogP contribution in [0.2, 0.25) is 15.2 Å². The molecule has 24 heteroatoms. The van der Waals surface area contributed by atoms with Gasteiger partial charge < -0.3 is 29.4 Å². The summed E-state index contributed by atoms with van der Waals surface area (Å²) < 4.78 is 8.37. The number of nitrogens with zero attached hydrogens (tertiary/aromatic N) is 14. The maximum atomic E-state index is 14.7. The molecule has 2 aliphatic rings. The van der Waals surface area contributed by atoms with E-state index in [1.165, 1.54) is 26.7 Å². The highest BCUT2D eigenvalue weighted by Crippen LogP contribution is 2.40. The van der Waals surface area contributed by atoms with Crippen LogP contribution in [0.5, 0.6) is 0 Å².